The first-order valence-corrected chi connectivity index (χ1v) is 14.1. The highest BCUT2D eigenvalue weighted by molar-refractivity contribution is 4.97. The third kappa shape index (κ3) is 7.44. The molecule has 0 aromatic heterocycles. The zero-order chi connectivity index (χ0) is 33.3. The molecule has 21 nitrogen and oxygen atoms in total. The van der Waals surface area contributed by atoms with E-state index in [2.05, 4.69) is 0 Å². The van der Waals surface area contributed by atoms with E-state index in [1.807, 2.05) is 0 Å². The Kier molecular flexibility index (Phi) is 12.8. The van der Waals surface area contributed by atoms with Gasteiger partial charge in [0.1, 0.15) is 97.7 Å². The van der Waals surface area contributed by atoms with Crippen molar-refractivity contribution in [2.24, 2.45) is 0 Å². The number of hydrogen-bond acceptors (Lipinski definition) is 21. The Morgan fingerprint density at radius 1 is 0.333 bits per heavy atom. The molecule has 0 aliphatic carbocycles. The summed E-state index contributed by atoms with van der Waals surface area (Å²) in [6.07, 6.45) is -36.3. The van der Waals surface area contributed by atoms with Gasteiger partial charge in [-0.1, -0.05) is 0 Å². The Bertz CT molecular complexity index is 914. The van der Waals surface area contributed by atoms with Gasteiger partial charge in [0.25, 0.3) is 0 Å². The Hall–Kier alpha value is -0.840. The Morgan fingerprint density at radius 2 is 0.667 bits per heavy atom. The minimum atomic E-state index is -2.07. The van der Waals surface area contributed by atoms with Crippen molar-refractivity contribution in [1.29, 1.82) is 0 Å². The van der Waals surface area contributed by atoms with E-state index in [1.54, 1.807) is 0 Å². The van der Waals surface area contributed by atoms with Gasteiger partial charge in [-0.3, -0.25) is 0 Å². The fraction of sp³-hybridized carbons (Fsp3) is 1.00. The second-order valence-electron chi connectivity index (χ2n) is 11.1. The van der Waals surface area contributed by atoms with Gasteiger partial charge in [-0.05, 0) is 0 Å². The van der Waals surface area contributed by atoms with Crippen LogP contribution in [-0.2, 0) is 33.2 Å². The maximum Gasteiger partial charge on any atom is 0.187 e. The van der Waals surface area contributed by atoms with Gasteiger partial charge < -0.3 is 105 Å². The van der Waals surface area contributed by atoms with Crippen LogP contribution in [0, 0.1) is 0 Å². The molecule has 0 spiro atoms. The number of rotatable bonds is 10. The van der Waals surface area contributed by atoms with Crippen LogP contribution in [0.3, 0.4) is 0 Å². The third-order valence-corrected chi connectivity index (χ3v) is 8.21. The molecule has 0 amide bonds. The van der Waals surface area contributed by atoms with E-state index in [1.165, 1.54) is 0 Å². The van der Waals surface area contributed by atoms with Gasteiger partial charge in [-0.15, -0.1) is 0 Å². The van der Waals surface area contributed by atoms with Crippen molar-refractivity contribution in [2.75, 3.05) is 26.4 Å². The molecule has 264 valence electrons. The van der Waals surface area contributed by atoms with Crippen LogP contribution in [0.4, 0.5) is 0 Å². The van der Waals surface area contributed by atoms with E-state index >= 15 is 0 Å². The Labute approximate surface area is 254 Å². The number of aliphatic hydroxyl groups excluding tert-OH is 14. The highest BCUT2D eigenvalue weighted by atomic mass is 16.8. The summed E-state index contributed by atoms with van der Waals surface area (Å²) in [7, 11) is 0. The summed E-state index contributed by atoms with van der Waals surface area (Å²) in [6.45, 7) is -3.43. The summed E-state index contributed by atoms with van der Waals surface area (Å²) in [4.78, 5) is 0. The zero-order valence-electron chi connectivity index (χ0n) is 23.5. The molecule has 45 heavy (non-hydrogen) atoms. The summed E-state index contributed by atoms with van der Waals surface area (Å²) in [5.41, 5.74) is 0. The maximum absolute atomic E-state index is 11.1. The molecule has 4 aliphatic heterocycles. The largest absolute Gasteiger partial charge is 0.394 e. The van der Waals surface area contributed by atoms with Gasteiger partial charge in [-0.2, -0.15) is 0 Å². The number of aliphatic hydroxyl groups is 14. The van der Waals surface area contributed by atoms with Crippen molar-refractivity contribution in [1.82, 2.24) is 0 Å². The van der Waals surface area contributed by atoms with Crippen LogP contribution in [0.15, 0.2) is 0 Å². The predicted octanol–water partition coefficient (Wildman–Crippen LogP) is -9.75. The first-order valence-electron chi connectivity index (χ1n) is 14.1. The second kappa shape index (κ2) is 15.6. The van der Waals surface area contributed by atoms with E-state index in [9.17, 15) is 71.5 Å². The van der Waals surface area contributed by atoms with Crippen LogP contribution in [0.2, 0.25) is 0 Å². The highest BCUT2D eigenvalue weighted by Gasteiger charge is 2.55. The Morgan fingerprint density at radius 3 is 1.11 bits per heavy atom. The molecule has 0 radical (unpaired) electrons. The zero-order valence-corrected chi connectivity index (χ0v) is 23.5. The van der Waals surface area contributed by atoms with Gasteiger partial charge in [0.05, 0.1) is 26.4 Å². The highest BCUT2D eigenvalue weighted by Crippen LogP contribution is 2.34. The summed E-state index contributed by atoms with van der Waals surface area (Å²) >= 11 is 0. The molecule has 0 bridgehead atoms. The predicted molar refractivity (Wildman–Crippen MR) is 134 cm³/mol. The third-order valence-electron chi connectivity index (χ3n) is 8.21. The van der Waals surface area contributed by atoms with E-state index in [4.69, 9.17) is 33.2 Å². The fourth-order valence-corrected chi connectivity index (χ4v) is 5.51. The van der Waals surface area contributed by atoms with Crippen molar-refractivity contribution < 1.29 is 105 Å². The van der Waals surface area contributed by atoms with E-state index < -0.39 is 149 Å². The first kappa shape index (κ1) is 37.0. The second-order valence-corrected chi connectivity index (χ2v) is 11.1. The number of hydrogen-bond donors (Lipinski definition) is 14. The molecule has 20 atom stereocenters. The van der Waals surface area contributed by atoms with Crippen LogP contribution in [-0.4, -0.2) is 221 Å². The molecule has 4 aliphatic rings. The van der Waals surface area contributed by atoms with Gasteiger partial charge >= 0.3 is 0 Å². The van der Waals surface area contributed by atoms with Gasteiger partial charge in [0.2, 0.25) is 0 Å². The molecule has 4 heterocycles. The molecule has 0 unspecified atom stereocenters. The molecule has 0 aromatic carbocycles. The summed E-state index contributed by atoms with van der Waals surface area (Å²) in [5, 5.41) is 143. The molecular weight excluding hydrogens is 624 g/mol. The lowest BCUT2D eigenvalue weighted by Crippen LogP contribution is -2.68. The normalized spacial score (nSPS) is 52.9. The minimum Gasteiger partial charge on any atom is -0.394 e. The molecule has 4 rings (SSSR count). The topological polar surface area (TPSA) is 348 Å². The lowest BCUT2D eigenvalue weighted by Gasteiger charge is -2.49. The fourth-order valence-electron chi connectivity index (χ4n) is 5.51. The minimum absolute atomic E-state index is 0.819. The monoisotopic (exact) mass is 666 g/mol. The average Bonchev–Trinajstić information content (AvgIpc) is 3.03. The smallest absolute Gasteiger partial charge is 0.187 e. The van der Waals surface area contributed by atoms with Crippen LogP contribution in [0.25, 0.3) is 0 Å². The maximum atomic E-state index is 11.1. The van der Waals surface area contributed by atoms with Crippen molar-refractivity contribution >= 4 is 0 Å². The number of ether oxygens (including phenoxy) is 7. The lowest BCUT2D eigenvalue weighted by molar-refractivity contribution is -0.396. The average molecular weight is 667 g/mol. The van der Waals surface area contributed by atoms with Crippen molar-refractivity contribution in [3.05, 3.63) is 0 Å². The first-order chi connectivity index (χ1) is 21.3. The summed E-state index contributed by atoms with van der Waals surface area (Å²) in [5.74, 6) is 0. The molecule has 0 saturated carbocycles. The molecular formula is C24H42O21. The van der Waals surface area contributed by atoms with E-state index in [-0.39, 0.29) is 0 Å². The van der Waals surface area contributed by atoms with Crippen LogP contribution in [0.1, 0.15) is 0 Å². The molecule has 4 fully saturated rings. The van der Waals surface area contributed by atoms with Crippen molar-refractivity contribution in [2.45, 2.75) is 123 Å². The quantitative estimate of drug-likeness (QED) is 0.103. The molecule has 4 saturated heterocycles. The molecule has 0 aromatic rings. The summed E-state index contributed by atoms with van der Waals surface area (Å²) < 4.78 is 37.9. The van der Waals surface area contributed by atoms with Crippen LogP contribution < -0.4 is 0 Å². The SMILES string of the molecule is OC[C@H]1O[C@H](O[C@@H]2[C@@H](O)[C@@H](O[C@H]3[C@H](O)[C@@H](CO)O[C@H](O)[C@@H]3O[C@H]3O[C@H](CO)[C@@H](O)[C@H](O)[C@H]3O)O[C@H](CO)[C@H]2O)[C@H](O)[C@@H](O)[C@@H]1O. The molecule has 21 heteroatoms. The Balaban J connectivity index is 1.57. The summed E-state index contributed by atoms with van der Waals surface area (Å²) in [6, 6.07) is 0. The van der Waals surface area contributed by atoms with E-state index in [0.29, 0.717) is 0 Å². The van der Waals surface area contributed by atoms with Crippen LogP contribution >= 0.6 is 0 Å². The standard InChI is InChI=1S/C24H42O21/c25-1-5-9(29)13(33)15(35)22(40-5)43-18-11(31)8(4-28)42-24(17(18)37)44-19-12(32)7(3-27)39-21(38)20(19)45-23-16(36)14(34)10(30)6(2-26)41-23/h5-38H,1-4H2/t5-,6-,7-,8-,9-,10-,11-,12-,13+,14+,15-,16-,17-,18+,19+,20-,21+,22-,23-,24-/m1/s1. The van der Waals surface area contributed by atoms with Crippen molar-refractivity contribution in [3.63, 3.8) is 0 Å². The van der Waals surface area contributed by atoms with Gasteiger partial charge in [0, 0.05) is 0 Å². The van der Waals surface area contributed by atoms with Gasteiger partial charge in [-0.25, -0.2) is 0 Å². The van der Waals surface area contributed by atoms with Crippen molar-refractivity contribution in [3.8, 4) is 0 Å². The van der Waals surface area contributed by atoms with Crippen LogP contribution in [0.5, 0.6) is 0 Å². The van der Waals surface area contributed by atoms with Gasteiger partial charge in [0.15, 0.2) is 25.2 Å². The molecule has 14 N–H and O–H groups in total. The van der Waals surface area contributed by atoms with E-state index in [0.717, 1.165) is 0 Å². The lowest BCUT2D eigenvalue weighted by atomic mass is 9.95.